The minimum atomic E-state index is -3.53. The van der Waals surface area contributed by atoms with Crippen molar-refractivity contribution in [2.24, 2.45) is 10.7 Å². The summed E-state index contributed by atoms with van der Waals surface area (Å²) in [5.41, 5.74) is 10.4. The molecule has 0 saturated carbocycles. The van der Waals surface area contributed by atoms with Gasteiger partial charge in [-0.05, 0) is 29.8 Å². The lowest BCUT2D eigenvalue weighted by Crippen LogP contribution is -2.67. The third-order valence-electron chi connectivity index (χ3n) is 6.76. The molecule has 3 aromatic rings. The summed E-state index contributed by atoms with van der Waals surface area (Å²) in [6.45, 7) is 0.269. The average molecular weight is 560 g/mol. The number of rotatable bonds is 5. The van der Waals surface area contributed by atoms with Crippen LogP contribution < -0.4 is 21.1 Å². The van der Waals surface area contributed by atoms with Gasteiger partial charge in [0, 0.05) is 49.1 Å². The molecule has 0 aliphatic carbocycles. The van der Waals surface area contributed by atoms with Crippen molar-refractivity contribution < 1.29 is 17.5 Å². The van der Waals surface area contributed by atoms with Crippen LogP contribution in [0.4, 0.5) is 4.39 Å². The van der Waals surface area contributed by atoms with Crippen LogP contribution in [0.2, 0.25) is 5.15 Å². The first-order valence-corrected chi connectivity index (χ1v) is 13.9. The molecule has 38 heavy (non-hydrogen) atoms. The van der Waals surface area contributed by atoms with Crippen molar-refractivity contribution in [1.29, 1.82) is 0 Å². The van der Waals surface area contributed by atoms with E-state index in [0.29, 0.717) is 39.3 Å². The Balaban J connectivity index is 1.60. The first kappa shape index (κ1) is 26.2. The molecule has 2 unspecified atom stereocenters. The predicted octanol–water partition coefficient (Wildman–Crippen LogP) is 2.28. The summed E-state index contributed by atoms with van der Waals surface area (Å²) in [6, 6.07) is 11.5. The number of aromatic nitrogens is 2. The first-order chi connectivity index (χ1) is 18.0. The highest BCUT2D eigenvalue weighted by Gasteiger charge is 2.43. The largest absolute Gasteiger partial charge is 0.495 e. The summed E-state index contributed by atoms with van der Waals surface area (Å²) in [5, 5.41) is 7.01. The van der Waals surface area contributed by atoms with Crippen molar-refractivity contribution in [2.75, 3.05) is 33.5 Å². The van der Waals surface area contributed by atoms with Gasteiger partial charge in [0.25, 0.3) is 0 Å². The number of benzene rings is 2. The maximum absolute atomic E-state index is 13.7. The Bertz CT molecular complexity index is 1560. The summed E-state index contributed by atoms with van der Waals surface area (Å²) >= 11 is 6.00. The van der Waals surface area contributed by atoms with E-state index in [9.17, 15) is 12.8 Å². The molecule has 0 spiro atoms. The molecule has 0 amide bonds. The molecule has 5 rings (SSSR count). The number of nitrogens with two attached hydrogens (primary N) is 1. The molecule has 200 valence electrons. The van der Waals surface area contributed by atoms with E-state index in [1.165, 1.54) is 22.7 Å². The maximum atomic E-state index is 13.7. The quantitative estimate of drug-likeness (QED) is 0.438. The molecule has 4 N–H and O–H groups in total. The number of aliphatic imine (C=N–C) groups is 1. The van der Waals surface area contributed by atoms with Crippen LogP contribution in [0, 0.1) is 5.82 Å². The van der Waals surface area contributed by atoms with Gasteiger partial charge in [-0.1, -0.05) is 29.8 Å². The molecule has 2 atom stereocenters. The number of amidine groups is 1. The summed E-state index contributed by atoms with van der Waals surface area (Å²) in [5.74, 6) is -1.16. The SMILES string of the molecule is CN=C1NC(N)(c2ccc(-n3cnc(Cl)c3)c(OC)c2)NC2=C1CN(S(C)(=O)=O)CC2c1ccc(F)cc1. The Kier molecular flexibility index (Phi) is 6.68. The highest BCUT2D eigenvalue weighted by molar-refractivity contribution is 7.88. The van der Waals surface area contributed by atoms with Crippen LogP contribution in [0.1, 0.15) is 17.0 Å². The summed E-state index contributed by atoms with van der Waals surface area (Å²) in [4.78, 5) is 8.47. The van der Waals surface area contributed by atoms with Gasteiger partial charge in [-0.2, -0.15) is 4.31 Å². The topological polar surface area (TPSA) is 127 Å². The van der Waals surface area contributed by atoms with Gasteiger partial charge in [0.15, 0.2) is 5.79 Å². The van der Waals surface area contributed by atoms with E-state index in [1.54, 1.807) is 49.4 Å². The van der Waals surface area contributed by atoms with Crippen molar-refractivity contribution in [3.8, 4) is 11.4 Å². The molecule has 10 nitrogen and oxygen atoms in total. The van der Waals surface area contributed by atoms with Crippen molar-refractivity contribution in [3.63, 3.8) is 0 Å². The summed E-state index contributed by atoms with van der Waals surface area (Å²) < 4.78 is 47.6. The van der Waals surface area contributed by atoms with Crippen LogP contribution in [0.15, 0.2) is 71.3 Å². The number of methoxy groups -OCH3 is 1. The number of sulfonamides is 1. The Morgan fingerprint density at radius 1 is 1.24 bits per heavy atom. The molecule has 0 fully saturated rings. The van der Waals surface area contributed by atoms with E-state index >= 15 is 0 Å². The predicted molar refractivity (Wildman–Crippen MR) is 143 cm³/mol. The third kappa shape index (κ3) is 4.75. The fourth-order valence-corrected chi connectivity index (χ4v) is 5.76. The van der Waals surface area contributed by atoms with Crippen LogP contribution in [0.3, 0.4) is 0 Å². The van der Waals surface area contributed by atoms with Crippen molar-refractivity contribution in [3.05, 3.63) is 88.4 Å². The van der Waals surface area contributed by atoms with Gasteiger partial charge in [-0.25, -0.2) is 17.8 Å². The molecule has 0 bridgehead atoms. The van der Waals surface area contributed by atoms with Crippen LogP contribution in [0.5, 0.6) is 5.75 Å². The molecule has 2 aliphatic rings. The number of halogens is 2. The molecular formula is C25H27ClFN7O3S. The van der Waals surface area contributed by atoms with Gasteiger partial charge in [-0.15, -0.1) is 0 Å². The second kappa shape index (κ2) is 9.70. The minimum Gasteiger partial charge on any atom is -0.495 e. The fourth-order valence-electron chi connectivity index (χ4n) is 4.82. The van der Waals surface area contributed by atoms with E-state index in [2.05, 4.69) is 20.6 Å². The van der Waals surface area contributed by atoms with Crippen molar-refractivity contribution in [2.45, 2.75) is 11.7 Å². The Hall–Kier alpha value is -3.45. The van der Waals surface area contributed by atoms with E-state index in [-0.39, 0.29) is 18.9 Å². The van der Waals surface area contributed by atoms with E-state index < -0.39 is 21.7 Å². The third-order valence-corrected chi connectivity index (χ3v) is 8.17. The molecule has 0 radical (unpaired) electrons. The second-order valence-electron chi connectivity index (χ2n) is 9.17. The highest BCUT2D eigenvalue weighted by atomic mass is 35.5. The van der Waals surface area contributed by atoms with Crippen molar-refractivity contribution >= 4 is 27.5 Å². The van der Waals surface area contributed by atoms with Crippen LogP contribution in [-0.4, -0.2) is 61.6 Å². The molecule has 2 aromatic carbocycles. The number of ether oxygens (including phenoxy) is 1. The Morgan fingerprint density at radius 2 is 1.97 bits per heavy atom. The highest BCUT2D eigenvalue weighted by Crippen LogP contribution is 2.37. The number of imidazole rings is 1. The Morgan fingerprint density at radius 3 is 2.58 bits per heavy atom. The van der Waals surface area contributed by atoms with Crippen LogP contribution in [0.25, 0.3) is 5.69 Å². The molecule has 3 heterocycles. The number of nitrogens with one attached hydrogen (secondary N) is 2. The molecule has 0 saturated heterocycles. The molecule has 2 aliphatic heterocycles. The summed E-state index contributed by atoms with van der Waals surface area (Å²) in [7, 11) is -0.365. The Labute approximate surface area is 225 Å². The number of hydrogen-bond donors (Lipinski definition) is 3. The smallest absolute Gasteiger partial charge is 0.211 e. The normalized spacial score (nSPS) is 23.1. The maximum Gasteiger partial charge on any atom is 0.211 e. The molecule has 1 aromatic heterocycles. The van der Waals surface area contributed by atoms with Gasteiger partial charge in [0.05, 0.1) is 19.1 Å². The zero-order chi connectivity index (χ0) is 27.2. The zero-order valence-corrected chi connectivity index (χ0v) is 22.5. The first-order valence-electron chi connectivity index (χ1n) is 11.7. The molecule has 13 heteroatoms. The van der Waals surface area contributed by atoms with E-state index in [1.807, 2.05) is 12.1 Å². The van der Waals surface area contributed by atoms with Gasteiger partial charge in [0.2, 0.25) is 10.0 Å². The summed E-state index contributed by atoms with van der Waals surface area (Å²) in [6.07, 6.45) is 4.41. The monoisotopic (exact) mass is 559 g/mol. The lowest BCUT2D eigenvalue weighted by Gasteiger charge is -2.46. The average Bonchev–Trinajstić information content (AvgIpc) is 3.33. The van der Waals surface area contributed by atoms with Gasteiger partial charge in [0.1, 0.15) is 28.9 Å². The number of nitrogens with zero attached hydrogens (tertiary/aromatic N) is 4. The lowest BCUT2D eigenvalue weighted by atomic mass is 9.86. The fraction of sp³-hybridized carbons (Fsp3) is 0.280. The van der Waals surface area contributed by atoms with E-state index in [4.69, 9.17) is 22.1 Å². The second-order valence-corrected chi connectivity index (χ2v) is 11.5. The van der Waals surface area contributed by atoms with Crippen LogP contribution in [-0.2, 0) is 15.8 Å². The van der Waals surface area contributed by atoms with Gasteiger partial charge >= 0.3 is 0 Å². The lowest BCUT2D eigenvalue weighted by molar-refractivity contribution is 0.298. The number of hydrogen-bond acceptors (Lipinski definition) is 7. The van der Waals surface area contributed by atoms with Crippen LogP contribution >= 0.6 is 11.6 Å². The van der Waals surface area contributed by atoms with Crippen molar-refractivity contribution in [1.82, 2.24) is 24.5 Å². The van der Waals surface area contributed by atoms with Gasteiger partial charge in [-0.3, -0.25) is 10.7 Å². The van der Waals surface area contributed by atoms with E-state index in [0.717, 1.165) is 5.56 Å². The zero-order valence-electron chi connectivity index (χ0n) is 20.9. The molecular weight excluding hydrogens is 533 g/mol. The minimum absolute atomic E-state index is 0.109. The standard InChI is InChI=1S/C25H27ClFN7O3S/c1-29-24-19-12-34(38(3,35)36)11-18(15-4-7-17(27)8-5-15)23(19)31-25(28,32-24)16-6-9-20(21(10-16)37-2)33-13-22(26)30-14-33/h4-10,13-14,18,31H,11-12,28H2,1-3H3,(H,29,32). The van der Waals surface area contributed by atoms with Gasteiger partial charge < -0.3 is 19.9 Å².